The number of rotatable bonds is 4. The lowest BCUT2D eigenvalue weighted by Gasteiger charge is -2.14. The monoisotopic (exact) mass is 193 g/mol. The highest BCUT2D eigenvalue weighted by Gasteiger charge is 2.10. The predicted octanol–water partition coefficient (Wildman–Crippen LogP) is 0.791. The molecule has 0 amide bonds. The van der Waals surface area contributed by atoms with Crippen molar-refractivity contribution in [2.45, 2.75) is 19.4 Å². The van der Waals surface area contributed by atoms with E-state index in [1.807, 2.05) is 4.57 Å². The summed E-state index contributed by atoms with van der Waals surface area (Å²) in [4.78, 5) is 16.8. The van der Waals surface area contributed by atoms with Gasteiger partial charge in [0.05, 0.1) is 6.33 Å². The van der Waals surface area contributed by atoms with E-state index in [9.17, 15) is 4.79 Å². The smallest absolute Gasteiger partial charge is 0.169 e. The first-order valence-corrected chi connectivity index (χ1v) is 5.08. The molecule has 2 heterocycles. The Morgan fingerprint density at radius 2 is 2.14 bits per heavy atom. The van der Waals surface area contributed by atoms with Gasteiger partial charge in [-0.25, -0.2) is 4.98 Å². The molecule has 76 valence electrons. The first-order chi connectivity index (χ1) is 6.88. The number of aromatic nitrogens is 2. The molecule has 1 aromatic heterocycles. The Kier molecular flexibility index (Phi) is 2.93. The Morgan fingerprint density at radius 3 is 2.79 bits per heavy atom. The van der Waals surface area contributed by atoms with Crippen LogP contribution in [0.1, 0.15) is 23.3 Å². The number of imidazole rings is 1. The van der Waals surface area contributed by atoms with Crippen LogP contribution in [-0.4, -0.2) is 40.4 Å². The Hall–Kier alpha value is -1.16. The first-order valence-electron chi connectivity index (χ1n) is 5.08. The molecule has 0 spiro atoms. The van der Waals surface area contributed by atoms with Crippen LogP contribution in [0.25, 0.3) is 0 Å². The van der Waals surface area contributed by atoms with Crippen LogP contribution in [-0.2, 0) is 6.54 Å². The van der Waals surface area contributed by atoms with E-state index in [4.69, 9.17) is 0 Å². The topological polar surface area (TPSA) is 38.1 Å². The molecule has 0 atom stereocenters. The first kappa shape index (κ1) is 9.40. The maximum absolute atomic E-state index is 10.4. The van der Waals surface area contributed by atoms with Crippen molar-refractivity contribution in [1.29, 1.82) is 0 Å². The molecule has 1 fully saturated rings. The van der Waals surface area contributed by atoms with Gasteiger partial charge in [-0.05, 0) is 25.9 Å². The Balaban J connectivity index is 1.81. The van der Waals surface area contributed by atoms with Crippen LogP contribution in [0.4, 0.5) is 0 Å². The highest BCUT2D eigenvalue weighted by molar-refractivity contribution is 5.70. The standard InChI is InChI=1S/C10H15N3O/c14-8-10-7-13(9-11-10)6-5-12-3-1-2-4-12/h7-9H,1-6H2. The van der Waals surface area contributed by atoms with Crippen molar-refractivity contribution in [3.8, 4) is 0 Å². The Morgan fingerprint density at radius 1 is 1.36 bits per heavy atom. The van der Waals surface area contributed by atoms with Crippen molar-refractivity contribution in [1.82, 2.24) is 14.5 Å². The maximum atomic E-state index is 10.4. The van der Waals surface area contributed by atoms with Gasteiger partial charge < -0.3 is 9.47 Å². The van der Waals surface area contributed by atoms with Gasteiger partial charge >= 0.3 is 0 Å². The van der Waals surface area contributed by atoms with Gasteiger partial charge in [0.1, 0.15) is 5.69 Å². The van der Waals surface area contributed by atoms with Gasteiger partial charge in [-0.15, -0.1) is 0 Å². The van der Waals surface area contributed by atoms with Crippen LogP contribution in [0.15, 0.2) is 12.5 Å². The van der Waals surface area contributed by atoms with E-state index in [0.717, 1.165) is 19.4 Å². The van der Waals surface area contributed by atoms with Crippen LogP contribution in [0, 0.1) is 0 Å². The molecule has 0 radical (unpaired) electrons. The zero-order valence-electron chi connectivity index (χ0n) is 8.22. The Labute approximate surface area is 83.5 Å². The molecule has 1 saturated heterocycles. The quantitative estimate of drug-likeness (QED) is 0.664. The predicted molar refractivity (Wildman–Crippen MR) is 53.3 cm³/mol. The van der Waals surface area contributed by atoms with Gasteiger partial charge in [0.15, 0.2) is 6.29 Å². The molecule has 0 aliphatic carbocycles. The van der Waals surface area contributed by atoms with E-state index in [0.29, 0.717) is 5.69 Å². The molecule has 2 rings (SSSR count). The number of aldehydes is 1. The van der Waals surface area contributed by atoms with Crippen molar-refractivity contribution in [3.05, 3.63) is 18.2 Å². The minimum atomic E-state index is 0.520. The molecule has 1 aliphatic rings. The normalized spacial score (nSPS) is 17.4. The fourth-order valence-corrected chi connectivity index (χ4v) is 1.82. The lowest BCUT2D eigenvalue weighted by molar-refractivity contribution is 0.111. The van der Waals surface area contributed by atoms with Gasteiger partial charge in [0.25, 0.3) is 0 Å². The van der Waals surface area contributed by atoms with Gasteiger partial charge in [0.2, 0.25) is 0 Å². The summed E-state index contributed by atoms with van der Waals surface area (Å²) >= 11 is 0. The summed E-state index contributed by atoms with van der Waals surface area (Å²) < 4.78 is 1.97. The largest absolute Gasteiger partial charge is 0.335 e. The van der Waals surface area contributed by atoms with Gasteiger partial charge in [-0.3, -0.25) is 4.79 Å². The molecule has 4 nitrogen and oxygen atoms in total. The molecule has 0 aromatic carbocycles. The molecule has 0 N–H and O–H groups in total. The van der Waals surface area contributed by atoms with E-state index in [1.54, 1.807) is 12.5 Å². The second-order valence-electron chi connectivity index (χ2n) is 3.70. The van der Waals surface area contributed by atoms with Crippen LogP contribution < -0.4 is 0 Å². The van der Waals surface area contributed by atoms with Crippen LogP contribution in [0.5, 0.6) is 0 Å². The summed E-state index contributed by atoms with van der Waals surface area (Å²) in [6.07, 6.45) is 6.95. The van der Waals surface area contributed by atoms with Crippen molar-refractivity contribution >= 4 is 6.29 Å². The average Bonchev–Trinajstić information content (AvgIpc) is 2.86. The zero-order chi connectivity index (χ0) is 9.80. The summed E-state index contributed by atoms with van der Waals surface area (Å²) in [5, 5.41) is 0. The third-order valence-corrected chi connectivity index (χ3v) is 2.65. The van der Waals surface area contributed by atoms with Gasteiger partial charge in [0, 0.05) is 19.3 Å². The number of carbonyl (C=O) groups is 1. The second kappa shape index (κ2) is 4.37. The summed E-state index contributed by atoms with van der Waals surface area (Å²) in [5.74, 6) is 0. The molecule has 0 unspecified atom stereocenters. The van der Waals surface area contributed by atoms with Crippen LogP contribution in [0.2, 0.25) is 0 Å². The lowest BCUT2D eigenvalue weighted by Crippen LogP contribution is -2.23. The molecule has 0 bridgehead atoms. The molecule has 1 aliphatic heterocycles. The van der Waals surface area contributed by atoms with Crippen molar-refractivity contribution in [2.24, 2.45) is 0 Å². The summed E-state index contributed by atoms with van der Waals surface area (Å²) in [5.41, 5.74) is 0.520. The Bertz CT molecular complexity index is 302. The van der Waals surface area contributed by atoms with E-state index in [2.05, 4.69) is 9.88 Å². The fourth-order valence-electron chi connectivity index (χ4n) is 1.82. The summed E-state index contributed by atoms with van der Waals surface area (Å²) in [6, 6.07) is 0. The number of hydrogen-bond acceptors (Lipinski definition) is 3. The highest BCUT2D eigenvalue weighted by atomic mass is 16.1. The van der Waals surface area contributed by atoms with Gasteiger partial charge in [-0.1, -0.05) is 0 Å². The zero-order valence-corrected chi connectivity index (χ0v) is 8.22. The third-order valence-electron chi connectivity index (χ3n) is 2.65. The van der Waals surface area contributed by atoms with Crippen LogP contribution >= 0.6 is 0 Å². The number of nitrogens with zero attached hydrogens (tertiary/aromatic N) is 3. The van der Waals surface area contributed by atoms with Crippen molar-refractivity contribution in [2.75, 3.05) is 19.6 Å². The summed E-state index contributed by atoms with van der Waals surface area (Å²) in [6.45, 7) is 4.43. The van der Waals surface area contributed by atoms with E-state index in [1.165, 1.54) is 25.9 Å². The second-order valence-corrected chi connectivity index (χ2v) is 3.70. The SMILES string of the molecule is O=Cc1cn(CCN2CCCC2)cn1. The summed E-state index contributed by atoms with van der Waals surface area (Å²) in [7, 11) is 0. The molecule has 14 heavy (non-hydrogen) atoms. The minimum Gasteiger partial charge on any atom is -0.335 e. The highest BCUT2D eigenvalue weighted by Crippen LogP contribution is 2.06. The van der Waals surface area contributed by atoms with Crippen molar-refractivity contribution < 1.29 is 4.79 Å². The van der Waals surface area contributed by atoms with Crippen molar-refractivity contribution in [3.63, 3.8) is 0 Å². The molecular weight excluding hydrogens is 178 g/mol. The maximum Gasteiger partial charge on any atom is 0.169 e. The minimum absolute atomic E-state index is 0.520. The van der Waals surface area contributed by atoms with E-state index >= 15 is 0 Å². The molecular formula is C10H15N3O. The molecule has 4 heteroatoms. The third kappa shape index (κ3) is 2.20. The molecule has 1 aromatic rings. The number of likely N-dealkylation sites (tertiary alicyclic amines) is 1. The van der Waals surface area contributed by atoms with E-state index < -0.39 is 0 Å². The number of carbonyl (C=O) groups excluding carboxylic acids is 1. The van der Waals surface area contributed by atoms with E-state index in [-0.39, 0.29) is 0 Å². The van der Waals surface area contributed by atoms with Gasteiger partial charge in [-0.2, -0.15) is 0 Å². The van der Waals surface area contributed by atoms with Crippen LogP contribution in [0.3, 0.4) is 0 Å². The average molecular weight is 193 g/mol. The fraction of sp³-hybridized carbons (Fsp3) is 0.600. The lowest BCUT2D eigenvalue weighted by atomic mass is 10.4. The number of hydrogen-bond donors (Lipinski definition) is 0. The molecule has 0 saturated carbocycles.